The lowest BCUT2D eigenvalue weighted by molar-refractivity contribution is -0.138. The van der Waals surface area contributed by atoms with Gasteiger partial charge in [-0.25, -0.2) is 0 Å². The van der Waals surface area contributed by atoms with E-state index in [9.17, 15) is 4.79 Å². The second-order valence-electron chi connectivity index (χ2n) is 7.12. The summed E-state index contributed by atoms with van der Waals surface area (Å²) in [4.78, 5) is 17.1. The van der Waals surface area contributed by atoms with Crippen molar-refractivity contribution in [2.75, 3.05) is 33.0 Å². The van der Waals surface area contributed by atoms with Crippen molar-refractivity contribution in [3.63, 3.8) is 0 Å². The van der Waals surface area contributed by atoms with Gasteiger partial charge in [0, 0.05) is 38.6 Å². The number of carbonyl (C=O) groups excluding carboxylic acids is 1. The van der Waals surface area contributed by atoms with Crippen molar-refractivity contribution < 1.29 is 14.3 Å². The highest BCUT2D eigenvalue weighted by molar-refractivity contribution is 5.79. The van der Waals surface area contributed by atoms with Gasteiger partial charge < -0.3 is 14.4 Å². The van der Waals surface area contributed by atoms with Crippen molar-refractivity contribution in [3.8, 4) is 11.5 Å². The third-order valence-corrected chi connectivity index (χ3v) is 5.48. The average molecular weight is 330 g/mol. The Labute approximate surface area is 143 Å². The Bertz CT molecular complexity index is 590. The van der Waals surface area contributed by atoms with Crippen molar-refractivity contribution in [2.24, 2.45) is 5.92 Å². The zero-order valence-corrected chi connectivity index (χ0v) is 14.2. The number of hydrogen-bond acceptors (Lipinski definition) is 4. The number of fused-ring (bicyclic) bond motifs is 1. The van der Waals surface area contributed by atoms with Gasteiger partial charge in [0.15, 0.2) is 11.5 Å². The Morgan fingerprint density at radius 1 is 1.00 bits per heavy atom. The van der Waals surface area contributed by atoms with Gasteiger partial charge in [-0.2, -0.15) is 0 Å². The third kappa shape index (κ3) is 3.36. The van der Waals surface area contributed by atoms with E-state index in [1.807, 2.05) is 6.07 Å². The first kappa shape index (κ1) is 15.8. The molecule has 5 nitrogen and oxygen atoms in total. The molecular weight excluding hydrogens is 304 g/mol. The Hall–Kier alpha value is -1.75. The molecule has 0 atom stereocenters. The van der Waals surface area contributed by atoms with E-state index in [0.717, 1.165) is 57.1 Å². The van der Waals surface area contributed by atoms with Crippen LogP contribution in [0.15, 0.2) is 18.2 Å². The fourth-order valence-corrected chi connectivity index (χ4v) is 4.03. The van der Waals surface area contributed by atoms with Gasteiger partial charge in [-0.15, -0.1) is 0 Å². The number of piperazine rings is 1. The molecular formula is C19H26N2O3. The fourth-order valence-electron chi connectivity index (χ4n) is 4.03. The molecule has 1 aromatic carbocycles. The minimum Gasteiger partial charge on any atom is -0.454 e. The number of carbonyl (C=O) groups is 1. The van der Waals surface area contributed by atoms with Gasteiger partial charge >= 0.3 is 0 Å². The molecule has 1 saturated carbocycles. The van der Waals surface area contributed by atoms with E-state index in [1.165, 1.54) is 24.8 Å². The van der Waals surface area contributed by atoms with Crippen LogP contribution in [0.1, 0.15) is 37.7 Å². The summed E-state index contributed by atoms with van der Waals surface area (Å²) in [7, 11) is 0. The van der Waals surface area contributed by atoms with Crippen molar-refractivity contribution in [1.82, 2.24) is 9.80 Å². The van der Waals surface area contributed by atoms with Crippen LogP contribution in [-0.4, -0.2) is 48.7 Å². The smallest absolute Gasteiger partial charge is 0.231 e. The maximum atomic E-state index is 12.6. The topological polar surface area (TPSA) is 42.0 Å². The van der Waals surface area contributed by atoms with Gasteiger partial charge in [0.1, 0.15) is 0 Å². The monoisotopic (exact) mass is 330 g/mol. The quantitative estimate of drug-likeness (QED) is 0.854. The molecule has 0 unspecified atom stereocenters. The molecule has 24 heavy (non-hydrogen) atoms. The molecule has 1 aromatic rings. The van der Waals surface area contributed by atoms with Crippen LogP contribution in [0, 0.1) is 5.92 Å². The molecule has 130 valence electrons. The van der Waals surface area contributed by atoms with Gasteiger partial charge in [0.05, 0.1) is 0 Å². The molecule has 5 heteroatoms. The number of ether oxygens (including phenoxy) is 2. The van der Waals surface area contributed by atoms with Crippen LogP contribution < -0.4 is 9.47 Å². The van der Waals surface area contributed by atoms with Crippen molar-refractivity contribution in [2.45, 2.75) is 38.6 Å². The third-order valence-electron chi connectivity index (χ3n) is 5.48. The van der Waals surface area contributed by atoms with Gasteiger partial charge in [-0.1, -0.05) is 25.3 Å². The molecule has 2 aliphatic heterocycles. The van der Waals surface area contributed by atoms with Crippen molar-refractivity contribution in [1.29, 1.82) is 0 Å². The predicted molar refractivity (Wildman–Crippen MR) is 91.0 cm³/mol. The average Bonchev–Trinajstić information content (AvgIpc) is 3.10. The van der Waals surface area contributed by atoms with E-state index in [1.54, 1.807) is 0 Å². The Morgan fingerprint density at radius 3 is 2.54 bits per heavy atom. The molecule has 0 radical (unpaired) electrons. The lowest BCUT2D eigenvalue weighted by atomic mass is 9.88. The molecule has 1 aliphatic carbocycles. The second kappa shape index (κ2) is 7.01. The molecule has 1 saturated heterocycles. The standard InChI is InChI=1S/C19H26N2O3/c22-19(16-4-2-1-3-5-16)21-10-8-20(9-11-21)13-15-6-7-17-18(12-15)24-14-23-17/h6-7,12,16H,1-5,8-11,13-14H2. The van der Waals surface area contributed by atoms with Crippen LogP contribution in [0.25, 0.3) is 0 Å². The highest BCUT2D eigenvalue weighted by atomic mass is 16.7. The molecule has 0 aromatic heterocycles. The van der Waals surface area contributed by atoms with Gasteiger partial charge in [0.25, 0.3) is 0 Å². The van der Waals surface area contributed by atoms with Crippen LogP contribution >= 0.6 is 0 Å². The van der Waals surface area contributed by atoms with Crippen LogP contribution in [0.4, 0.5) is 0 Å². The number of rotatable bonds is 3. The number of amides is 1. The van der Waals surface area contributed by atoms with E-state index in [4.69, 9.17) is 9.47 Å². The number of nitrogens with zero attached hydrogens (tertiary/aromatic N) is 2. The zero-order chi connectivity index (χ0) is 16.4. The fraction of sp³-hybridized carbons (Fsp3) is 0.632. The maximum Gasteiger partial charge on any atom is 0.231 e. The lowest BCUT2D eigenvalue weighted by Gasteiger charge is -2.37. The Morgan fingerprint density at radius 2 is 1.75 bits per heavy atom. The first-order valence-corrected chi connectivity index (χ1v) is 9.19. The molecule has 2 heterocycles. The molecule has 2 fully saturated rings. The van der Waals surface area contributed by atoms with Crippen LogP contribution in [-0.2, 0) is 11.3 Å². The molecule has 3 aliphatic rings. The van der Waals surface area contributed by atoms with E-state index >= 15 is 0 Å². The largest absolute Gasteiger partial charge is 0.454 e. The van der Waals surface area contributed by atoms with Gasteiger partial charge in [-0.3, -0.25) is 9.69 Å². The summed E-state index contributed by atoms with van der Waals surface area (Å²) in [6.07, 6.45) is 5.93. The van der Waals surface area contributed by atoms with Crippen molar-refractivity contribution >= 4 is 5.91 Å². The van der Waals surface area contributed by atoms with E-state index in [0.29, 0.717) is 18.6 Å². The summed E-state index contributed by atoms with van der Waals surface area (Å²) in [5.41, 5.74) is 1.24. The molecule has 4 rings (SSSR count). The van der Waals surface area contributed by atoms with Crippen molar-refractivity contribution in [3.05, 3.63) is 23.8 Å². The number of hydrogen-bond donors (Lipinski definition) is 0. The van der Waals surface area contributed by atoms with Gasteiger partial charge in [-0.05, 0) is 30.5 Å². The van der Waals surface area contributed by atoms with E-state index in [2.05, 4.69) is 21.9 Å². The number of benzene rings is 1. The summed E-state index contributed by atoms with van der Waals surface area (Å²) >= 11 is 0. The Balaban J connectivity index is 1.29. The summed E-state index contributed by atoms with van der Waals surface area (Å²) in [5, 5.41) is 0. The summed E-state index contributed by atoms with van der Waals surface area (Å²) in [6.45, 7) is 4.85. The maximum absolute atomic E-state index is 12.6. The molecule has 0 bridgehead atoms. The first-order valence-electron chi connectivity index (χ1n) is 9.19. The molecule has 0 spiro atoms. The predicted octanol–water partition coefficient (Wildman–Crippen LogP) is 2.64. The summed E-state index contributed by atoms with van der Waals surface area (Å²) < 4.78 is 10.8. The minimum absolute atomic E-state index is 0.291. The molecule has 0 N–H and O–H groups in total. The zero-order valence-electron chi connectivity index (χ0n) is 14.2. The van der Waals surface area contributed by atoms with E-state index in [-0.39, 0.29) is 0 Å². The highest BCUT2D eigenvalue weighted by Crippen LogP contribution is 2.33. The van der Waals surface area contributed by atoms with E-state index < -0.39 is 0 Å². The summed E-state index contributed by atoms with van der Waals surface area (Å²) in [6, 6.07) is 6.16. The molecule has 1 amide bonds. The lowest BCUT2D eigenvalue weighted by Crippen LogP contribution is -2.50. The van der Waals surface area contributed by atoms with Crippen LogP contribution in [0.2, 0.25) is 0 Å². The normalized spacial score (nSPS) is 21.9. The highest BCUT2D eigenvalue weighted by Gasteiger charge is 2.28. The van der Waals surface area contributed by atoms with Crippen LogP contribution in [0.5, 0.6) is 11.5 Å². The second-order valence-corrected chi connectivity index (χ2v) is 7.12. The first-order chi connectivity index (χ1) is 11.8. The van der Waals surface area contributed by atoms with Gasteiger partial charge in [0.2, 0.25) is 12.7 Å². The van der Waals surface area contributed by atoms with Crippen LogP contribution in [0.3, 0.4) is 0 Å². The minimum atomic E-state index is 0.291. The Kier molecular flexibility index (Phi) is 4.60. The summed E-state index contributed by atoms with van der Waals surface area (Å²) in [5.74, 6) is 2.37. The SMILES string of the molecule is O=C(C1CCCCC1)N1CCN(Cc2ccc3c(c2)OCO3)CC1.